The molecule has 1 radical (unpaired) electrons. The molecule has 33 heavy (non-hydrogen) atoms. The monoisotopic (exact) mass is 496 g/mol. The molecule has 0 heterocycles. The zero-order chi connectivity index (χ0) is 24.0. The van der Waals surface area contributed by atoms with Crippen molar-refractivity contribution in [3.8, 4) is 5.75 Å². The summed E-state index contributed by atoms with van der Waals surface area (Å²) in [6.45, 7) is 0. The van der Waals surface area contributed by atoms with Crippen LogP contribution in [0.3, 0.4) is 0 Å². The van der Waals surface area contributed by atoms with Crippen molar-refractivity contribution in [3.05, 3.63) is 83.4 Å². The lowest BCUT2D eigenvalue weighted by Crippen LogP contribution is -2.36. The summed E-state index contributed by atoms with van der Waals surface area (Å²) in [6.07, 6.45) is -4.71. The lowest BCUT2D eigenvalue weighted by molar-refractivity contribution is -0.139. The molecule has 11 heteroatoms. The molecular formula is C22H17F3NO5S2. The van der Waals surface area contributed by atoms with Crippen LogP contribution in [0.4, 0.5) is 13.2 Å². The fourth-order valence-electron chi connectivity index (χ4n) is 3.82. The topological polar surface area (TPSA) is 100 Å². The molecular weight excluding hydrogens is 479 g/mol. The summed E-state index contributed by atoms with van der Waals surface area (Å²) in [5.41, 5.74) is -0.134. The first-order chi connectivity index (χ1) is 15.4. The second kappa shape index (κ2) is 8.15. The third kappa shape index (κ3) is 4.61. The van der Waals surface area contributed by atoms with Gasteiger partial charge in [0.25, 0.3) is 0 Å². The van der Waals surface area contributed by atoms with Crippen molar-refractivity contribution in [2.45, 2.75) is 39.7 Å². The molecule has 0 spiro atoms. The number of sulfonamides is 1. The summed E-state index contributed by atoms with van der Waals surface area (Å²) < 4.78 is 94.9. The largest absolute Gasteiger partial charge is 0.417 e. The average Bonchev–Trinajstić information content (AvgIpc) is 3.13. The summed E-state index contributed by atoms with van der Waals surface area (Å²) in [5, 5.41) is 11.5. The second-order valence-electron chi connectivity index (χ2n) is 7.63. The molecule has 1 N–H and O–H groups in total. The van der Waals surface area contributed by atoms with E-state index in [0.29, 0.717) is 17.7 Å². The quantitative estimate of drug-likeness (QED) is 0.574. The van der Waals surface area contributed by atoms with Crippen LogP contribution in [0, 0.1) is 0 Å². The first-order valence-electron chi connectivity index (χ1n) is 9.70. The van der Waals surface area contributed by atoms with E-state index in [1.807, 2.05) is 0 Å². The Morgan fingerprint density at radius 3 is 2.12 bits per heavy atom. The highest BCUT2D eigenvalue weighted by Crippen LogP contribution is 2.37. The van der Waals surface area contributed by atoms with Gasteiger partial charge in [0.05, 0.1) is 20.2 Å². The molecule has 173 valence electrons. The minimum atomic E-state index is -5.03. The molecule has 1 aliphatic rings. The summed E-state index contributed by atoms with van der Waals surface area (Å²) in [4.78, 5) is -1.93. The molecule has 0 saturated heterocycles. The van der Waals surface area contributed by atoms with Gasteiger partial charge in [-0.15, -0.1) is 0 Å². The van der Waals surface area contributed by atoms with Gasteiger partial charge in [-0.25, -0.2) is 21.6 Å². The van der Waals surface area contributed by atoms with Crippen molar-refractivity contribution in [1.29, 1.82) is 0 Å². The fourth-order valence-corrected chi connectivity index (χ4v) is 6.69. The third-order valence-corrected chi connectivity index (χ3v) is 8.67. The molecule has 4 rings (SSSR count). The van der Waals surface area contributed by atoms with Crippen molar-refractivity contribution in [2.24, 2.45) is 0 Å². The molecule has 0 amide bonds. The van der Waals surface area contributed by atoms with Crippen molar-refractivity contribution >= 4 is 19.9 Å². The summed E-state index contributed by atoms with van der Waals surface area (Å²) in [6, 6.07) is 12.2. The Morgan fingerprint density at radius 1 is 0.788 bits per heavy atom. The van der Waals surface area contributed by atoms with Gasteiger partial charge in [0.2, 0.25) is 19.9 Å². The van der Waals surface area contributed by atoms with Gasteiger partial charge in [-0.05, 0) is 66.4 Å². The van der Waals surface area contributed by atoms with Crippen LogP contribution in [0.1, 0.15) is 16.7 Å². The molecule has 1 unspecified atom stereocenters. The number of hydrogen-bond acceptors (Lipinski definition) is 4. The minimum Gasteiger partial charge on any atom is -0.290 e. The first kappa shape index (κ1) is 23.3. The number of benzene rings is 3. The Labute approximate surface area is 188 Å². The minimum absolute atomic E-state index is 0.133. The SMILES string of the molecule is [O]c1ccc2c(c1)CC(NS(=O)(=O)c1cc(S(=O)(=O)c3ccccc3)ccc1C(F)(F)F)C2. The van der Waals surface area contributed by atoms with Gasteiger partial charge in [0.1, 0.15) is 0 Å². The van der Waals surface area contributed by atoms with Gasteiger partial charge >= 0.3 is 6.18 Å². The van der Waals surface area contributed by atoms with Crippen LogP contribution in [0.5, 0.6) is 5.75 Å². The van der Waals surface area contributed by atoms with E-state index in [1.54, 1.807) is 12.1 Å². The van der Waals surface area contributed by atoms with E-state index < -0.39 is 47.4 Å². The zero-order valence-corrected chi connectivity index (χ0v) is 18.5. The zero-order valence-electron chi connectivity index (χ0n) is 16.8. The molecule has 1 atom stereocenters. The molecule has 6 nitrogen and oxygen atoms in total. The van der Waals surface area contributed by atoms with E-state index in [1.165, 1.54) is 36.4 Å². The van der Waals surface area contributed by atoms with Crippen LogP contribution < -0.4 is 4.72 Å². The molecule has 0 fully saturated rings. The molecule has 3 aromatic rings. The highest BCUT2D eigenvalue weighted by atomic mass is 32.2. The van der Waals surface area contributed by atoms with Gasteiger partial charge in [0.15, 0.2) is 5.75 Å². The van der Waals surface area contributed by atoms with Crippen molar-refractivity contribution in [1.82, 2.24) is 4.72 Å². The Hall–Kier alpha value is -2.89. The standard InChI is InChI=1S/C22H17F3NO5S2/c23-22(24,25)20-9-8-19(32(28,29)18-4-2-1-3-5-18)13-21(20)33(30,31)26-16-10-14-6-7-17(27)12-15(14)11-16/h1-9,12-13,16,26H,10-11H2. The molecule has 0 bridgehead atoms. The number of fused-ring (bicyclic) bond motifs is 1. The highest BCUT2D eigenvalue weighted by Gasteiger charge is 2.39. The van der Waals surface area contributed by atoms with Gasteiger partial charge in [-0.3, -0.25) is 5.11 Å². The smallest absolute Gasteiger partial charge is 0.290 e. The highest BCUT2D eigenvalue weighted by molar-refractivity contribution is 7.91. The summed E-state index contributed by atoms with van der Waals surface area (Å²) >= 11 is 0. The molecule has 0 saturated carbocycles. The number of alkyl halides is 3. The summed E-state index contributed by atoms with van der Waals surface area (Å²) in [5.74, 6) is -0.254. The van der Waals surface area contributed by atoms with Gasteiger partial charge in [-0.1, -0.05) is 24.3 Å². The Bertz CT molecular complexity index is 1420. The maximum atomic E-state index is 13.6. The number of rotatable bonds is 5. The van der Waals surface area contributed by atoms with Gasteiger partial charge in [-0.2, -0.15) is 13.2 Å². The van der Waals surface area contributed by atoms with Crippen LogP contribution in [-0.2, 0) is 44.0 Å². The van der Waals surface area contributed by atoms with Crippen LogP contribution >= 0.6 is 0 Å². The van der Waals surface area contributed by atoms with Crippen molar-refractivity contribution in [2.75, 3.05) is 0 Å². The molecule has 1 aliphatic carbocycles. The van der Waals surface area contributed by atoms with Crippen LogP contribution in [-0.4, -0.2) is 22.9 Å². The number of halogens is 3. The maximum absolute atomic E-state index is 13.6. The van der Waals surface area contributed by atoms with Crippen LogP contribution in [0.25, 0.3) is 0 Å². The lowest BCUT2D eigenvalue weighted by Gasteiger charge is -2.18. The average molecular weight is 497 g/mol. The lowest BCUT2D eigenvalue weighted by atomic mass is 10.1. The molecule has 0 aliphatic heterocycles. The number of sulfone groups is 1. The first-order valence-corrected chi connectivity index (χ1v) is 12.7. The predicted octanol–water partition coefficient (Wildman–Crippen LogP) is 4.13. The third-order valence-electron chi connectivity index (χ3n) is 5.34. The van der Waals surface area contributed by atoms with E-state index in [4.69, 9.17) is 0 Å². The van der Waals surface area contributed by atoms with E-state index >= 15 is 0 Å². The molecule has 3 aromatic carbocycles. The van der Waals surface area contributed by atoms with E-state index in [-0.39, 0.29) is 23.5 Å². The van der Waals surface area contributed by atoms with Gasteiger partial charge < -0.3 is 0 Å². The fraction of sp³-hybridized carbons (Fsp3) is 0.182. The Kier molecular flexibility index (Phi) is 5.75. The predicted molar refractivity (Wildman–Crippen MR) is 111 cm³/mol. The Balaban J connectivity index is 1.74. The van der Waals surface area contributed by atoms with E-state index in [2.05, 4.69) is 4.72 Å². The van der Waals surface area contributed by atoms with Crippen molar-refractivity contribution in [3.63, 3.8) is 0 Å². The van der Waals surface area contributed by atoms with Crippen molar-refractivity contribution < 1.29 is 35.1 Å². The maximum Gasteiger partial charge on any atom is 0.417 e. The number of nitrogens with one attached hydrogen (secondary N) is 1. The number of hydrogen-bond donors (Lipinski definition) is 1. The molecule has 0 aromatic heterocycles. The van der Waals surface area contributed by atoms with Crippen LogP contribution in [0.15, 0.2) is 81.4 Å². The van der Waals surface area contributed by atoms with E-state index in [0.717, 1.165) is 11.6 Å². The summed E-state index contributed by atoms with van der Waals surface area (Å²) in [7, 11) is -9.02. The normalized spacial score (nSPS) is 16.5. The Morgan fingerprint density at radius 2 is 1.45 bits per heavy atom. The van der Waals surface area contributed by atoms with Gasteiger partial charge in [0, 0.05) is 6.04 Å². The van der Waals surface area contributed by atoms with Crippen LogP contribution in [0.2, 0.25) is 0 Å². The second-order valence-corrected chi connectivity index (χ2v) is 11.3. The van der Waals surface area contributed by atoms with E-state index in [9.17, 15) is 35.1 Å².